The standard InChI is InChI=1S/C31H32N2O4S/c1-22-9-5-6-14-28(22)38(35,36)33(29-17-15-25(20-32-29)16-18-30(34)37-4)21-26-12-8-13-27(19-26)31-23(2)10-7-11-24(31)3/h5-15,17,19-20H,16,18,21H2,1-4H3. The molecule has 1 aromatic heterocycles. The van der Waals surface area contributed by atoms with E-state index < -0.39 is 10.0 Å². The molecule has 38 heavy (non-hydrogen) atoms. The Hall–Kier alpha value is -3.97. The van der Waals surface area contributed by atoms with Gasteiger partial charge in [-0.1, -0.05) is 60.7 Å². The summed E-state index contributed by atoms with van der Waals surface area (Å²) in [7, 11) is -2.57. The normalized spacial score (nSPS) is 11.3. The molecule has 6 nitrogen and oxygen atoms in total. The number of aryl methyl sites for hydroxylation is 4. The summed E-state index contributed by atoms with van der Waals surface area (Å²) >= 11 is 0. The molecule has 4 aromatic rings. The molecule has 3 aromatic carbocycles. The van der Waals surface area contributed by atoms with Crippen molar-refractivity contribution < 1.29 is 17.9 Å². The van der Waals surface area contributed by atoms with Crippen LogP contribution in [0.15, 0.2) is 90.0 Å². The molecule has 0 N–H and O–H groups in total. The van der Waals surface area contributed by atoms with Crippen LogP contribution in [0.5, 0.6) is 0 Å². The lowest BCUT2D eigenvalue weighted by Gasteiger charge is -2.25. The number of rotatable bonds is 9. The van der Waals surface area contributed by atoms with E-state index in [-0.39, 0.29) is 23.8 Å². The van der Waals surface area contributed by atoms with Crippen molar-refractivity contribution in [1.29, 1.82) is 0 Å². The fourth-order valence-electron chi connectivity index (χ4n) is 4.58. The summed E-state index contributed by atoms with van der Waals surface area (Å²) in [6.07, 6.45) is 2.31. The number of pyridine rings is 1. The minimum absolute atomic E-state index is 0.115. The summed E-state index contributed by atoms with van der Waals surface area (Å²) in [6, 6.07) is 24.6. The van der Waals surface area contributed by atoms with Gasteiger partial charge in [0.25, 0.3) is 10.0 Å². The molecule has 0 saturated heterocycles. The third kappa shape index (κ3) is 5.94. The van der Waals surface area contributed by atoms with Crippen LogP contribution in [0.2, 0.25) is 0 Å². The summed E-state index contributed by atoms with van der Waals surface area (Å²) in [5.41, 5.74) is 6.85. The molecule has 0 aliphatic heterocycles. The molecule has 0 atom stereocenters. The van der Waals surface area contributed by atoms with Gasteiger partial charge in [-0.2, -0.15) is 0 Å². The topological polar surface area (TPSA) is 76.6 Å². The fourth-order valence-corrected chi connectivity index (χ4v) is 6.21. The Labute approximate surface area is 225 Å². The second-order valence-electron chi connectivity index (χ2n) is 9.35. The van der Waals surface area contributed by atoms with Gasteiger partial charge in [-0.05, 0) is 84.3 Å². The predicted octanol–water partition coefficient (Wildman–Crippen LogP) is 6.17. The first-order chi connectivity index (χ1) is 18.2. The van der Waals surface area contributed by atoms with Crippen molar-refractivity contribution in [2.24, 2.45) is 0 Å². The summed E-state index contributed by atoms with van der Waals surface area (Å²) < 4.78 is 34.0. The molecule has 1 heterocycles. The Morgan fingerprint density at radius 1 is 0.842 bits per heavy atom. The molecule has 0 aliphatic rings. The predicted molar refractivity (Wildman–Crippen MR) is 150 cm³/mol. The summed E-state index contributed by atoms with van der Waals surface area (Å²) in [5.74, 6) is 0.00847. The van der Waals surface area contributed by atoms with Crippen LogP contribution in [-0.4, -0.2) is 26.5 Å². The van der Waals surface area contributed by atoms with E-state index in [9.17, 15) is 13.2 Å². The van der Waals surface area contributed by atoms with Gasteiger partial charge in [-0.25, -0.2) is 17.7 Å². The second kappa shape index (κ2) is 11.6. The van der Waals surface area contributed by atoms with Gasteiger partial charge < -0.3 is 4.74 Å². The van der Waals surface area contributed by atoms with Gasteiger partial charge in [-0.3, -0.25) is 4.79 Å². The van der Waals surface area contributed by atoms with Gasteiger partial charge in [0.05, 0.1) is 18.6 Å². The maximum Gasteiger partial charge on any atom is 0.305 e. The first-order valence-corrected chi connectivity index (χ1v) is 13.9. The number of anilines is 1. The van der Waals surface area contributed by atoms with Crippen molar-refractivity contribution >= 4 is 21.8 Å². The Kier molecular flexibility index (Phi) is 8.27. The lowest BCUT2D eigenvalue weighted by atomic mass is 9.95. The minimum Gasteiger partial charge on any atom is -0.469 e. The van der Waals surface area contributed by atoms with Crippen LogP contribution in [0.1, 0.15) is 34.2 Å². The largest absolute Gasteiger partial charge is 0.469 e. The molecule has 4 rings (SSSR count). The number of ether oxygens (including phenoxy) is 1. The average Bonchev–Trinajstić information content (AvgIpc) is 2.91. The van der Waals surface area contributed by atoms with Crippen molar-refractivity contribution in [2.75, 3.05) is 11.4 Å². The maximum atomic E-state index is 14.0. The van der Waals surface area contributed by atoms with Gasteiger partial charge >= 0.3 is 5.97 Å². The quantitative estimate of drug-likeness (QED) is 0.243. The van der Waals surface area contributed by atoms with E-state index in [0.717, 1.165) is 33.4 Å². The monoisotopic (exact) mass is 528 g/mol. The zero-order valence-corrected chi connectivity index (χ0v) is 23.0. The van der Waals surface area contributed by atoms with Crippen molar-refractivity contribution in [1.82, 2.24) is 4.98 Å². The van der Waals surface area contributed by atoms with Crippen LogP contribution in [0.25, 0.3) is 11.1 Å². The highest BCUT2D eigenvalue weighted by Crippen LogP contribution is 2.30. The van der Waals surface area contributed by atoms with E-state index in [4.69, 9.17) is 4.74 Å². The molecule has 0 spiro atoms. The Morgan fingerprint density at radius 2 is 1.53 bits per heavy atom. The van der Waals surface area contributed by atoms with E-state index in [1.165, 1.54) is 11.4 Å². The van der Waals surface area contributed by atoms with Crippen LogP contribution < -0.4 is 4.31 Å². The molecule has 7 heteroatoms. The molecular formula is C31H32N2O4S. The number of nitrogens with zero attached hydrogens (tertiary/aromatic N) is 2. The van der Waals surface area contributed by atoms with Gasteiger partial charge in [0.15, 0.2) is 0 Å². The highest BCUT2D eigenvalue weighted by molar-refractivity contribution is 7.92. The van der Waals surface area contributed by atoms with E-state index in [0.29, 0.717) is 17.8 Å². The highest BCUT2D eigenvalue weighted by atomic mass is 32.2. The number of hydrogen-bond donors (Lipinski definition) is 0. The molecule has 0 amide bonds. The third-order valence-corrected chi connectivity index (χ3v) is 8.51. The molecule has 196 valence electrons. The third-order valence-electron chi connectivity index (χ3n) is 6.59. The first-order valence-electron chi connectivity index (χ1n) is 12.5. The Balaban J connectivity index is 1.74. The zero-order valence-electron chi connectivity index (χ0n) is 22.1. The number of aromatic nitrogens is 1. The molecule has 0 fully saturated rings. The van der Waals surface area contributed by atoms with E-state index in [1.807, 2.05) is 36.4 Å². The lowest BCUT2D eigenvalue weighted by molar-refractivity contribution is -0.140. The van der Waals surface area contributed by atoms with Crippen molar-refractivity contribution in [3.63, 3.8) is 0 Å². The number of carbonyl (C=O) groups excluding carboxylic acids is 1. The molecule has 0 radical (unpaired) electrons. The van der Waals surface area contributed by atoms with E-state index in [1.54, 1.807) is 43.5 Å². The van der Waals surface area contributed by atoms with Crippen LogP contribution in [-0.2, 0) is 32.5 Å². The summed E-state index contributed by atoms with van der Waals surface area (Å²) in [5, 5.41) is 0. The smallest absolute Gasteiger partial charge is 0.305 e. The number of carbonyl (C=O) groups is 1. The van der Waals surface area contributed by atoms with Crippen molar-refractivity contribution in [3.05, 3.63) is 113 Å². The molecule has 0 unspecified atom stereocenters. The lowest BCUT2D eigenvalue weighted by Crippen LogP contribution is -2.31. The van der Waals surface area contributed by atoms with Crippen molar-refractivity contribution in [3.8, 4) is 11.1 Å². The van der Waals surface area contributed by atoms with Gasteiger partial charge in [0.1, 0.15) is 5.82 Å². The number of esters is 1. The number of methoxy groups -OCH3 is 1. The van der Waals surface area contributed by atoms with Crippen LogP contribution in [0, 0.1) is 20.8 Å². The minimum atomic E-state index is -3.92. The summed E-state index contributed by atoms with van der Waals surface area (Å²) in [4.78, 5) is 16.3. The van der Waals surface area contributed by atoms with Crippen molar-refractivity contribution in [2.45, 2.75) is 45.1 Å². The maximum absolute atomic E-state index is 14.0. The molecule has 0 aliphatic carbocycles. The summed E-state index contributed by atoms with van der Waals surface area (Å²) in [6.45, 7) is 6.06. The number of benzene rings is 3. The van der Waals surface area contributed by atoms with Gasteiger partial charge in [-0.15, -0.1) is 0 Å². The highest BCUT2D eigenvalue weighted by Gasteiger charge is 2.28. The van der Waals surface area contributed by atoms with Crippen LogP contribution in [0.3, 0.4) is 0 Å². The van der Waals surface area contributed by atoms with Crippen LogP contribution in [0.4, 0.5) is 5.82 Å². The Morgan fingerprint density at radius 3 is 2.18 bits per heavy atom. The van der Waals surface area contributed by atoms with E-state index in [2.05, 4.69) is 31.0 Å². The molecular weight excluding hydrogens is 496 g/mol. The van der Waals surface area contributed by atoms with Crippen LogP contribution >= 0.6 is 0 Å². The SMILES string of the molecule is COC(=O)CCc1ccc(N(Cc2cccc(-c3c(C)cccc3C)c2)S(=O)(=O)c2ccccc2C)nc1. The number of hydrogen-bond acceptors (Lipinski definition) is 5. The molecule has 0 bridgehead atoms. The van der Waals surface area contributed by atoms with Gasteiger partial charge in [0, 0.05) is 12.6 Å². The zero-order chi connectivity index (χ0) is 27.3. The average molecular weight is 529 g/mol. The number of sulfonamides is 1. The molecule has 0 saturated carbocycles. The second-order valence-corrected chi connectivity index (χ2v) is 11.2. The fraction of sp³-hybridized carbons (Fsp3) is 0.226. The van der Waals surface area contributed by atoms with Gasteiger partial charge in [0.2, 0.25) is 0 Å². The Bertz CT molecular complexity index is 1530. The van der Waals surface area contributed by atoms with E-state index >= 15 is 0 Å². The first kappa shape index (κ1) is 27.1.